The van der Waals surface area contributed by atoms with Crippen molar-refractivity contribution in [2.45, 2.75) is 90.2 Å². The fourth-order valence-corrected chi connectivity index (χ4v) is 6.04. The van der Waals surface area contributed by atoms with Crippen molar-refractivity contribution >= 4 is 23.6 Å². The molecule has 2 aliphatic rings. The topological polar surface area (TPSA) is 113 Å². The molecule has 2 aromatic rings. The average molecular weight is 531 g/mol. The highest BCUT2D eigenvalue weighted by atomic mass is 35.5. The van der Waals surface area contributed by atoms with E-state index in [1.54, 1.807) is 12.1 Å². The van der Waals surface area contributed by atoms with Gasteiger partial charge >= 0.3 is 6.09 Å². The second kappa shape index (κ2) is 11.8. The molecule has 2 fully saturated rings. The van der Waals surface area contributed by atoms with Gasteiger partial charge < -0.3 is 15.0 Å². The van der Waals surface area contributed by atoms with E-state index in [0.717, 1.165) is 30.7 Å². The number of tetrazole rings is 1. The number of carbonyl (C=O) groups is 2. The molecule has 0 unspecified atom stereocenters. The average Bonchev–Trinajstić information content (AvgIpc) is 3.37. The first-order valence-electron chi connectivity index (χ1n) is 13.4. The number of aromatic amines is 1. The summed E-state index contributed by atoms with van der Waals surface area (Å²) in [5.74, 6) is 1.26. The maximum absolute atomic E-state index is 13.8. The third-order valence-electron chi connectivity index (χ3n) is 7.78. The molecule has 10 heteroatoms. The number of carbonyl (C=O) groups excluding carboxylic acids is 2. The van der Waals surface area contributed by atoms with Crippen molar-refractivity contribution in [1.29, 1.82) is 0 Å². The lowest BCUT2D eigenvalue weighted by Gasteiger charge is -2.48. The van der Waals surface area contributed by atoms with E-state index >= 15 is 0 Å². The molecule has 2 heterocycles. The lowest BCUT2D eigenvalue weighted by atomic mass is 9.62. The molecule has 1 saturated heterocycles. The third-order valence-corrected chi connectivity index (χ3v) is 8.04. The van der Waals surface area contributed by atoms with Crippen LogP contribution in [0.2, 0.25) is 5.02 Å². The minimum absolute atomic E-state index is 0.0609. The summed E-state index contributed by atoms with van der Waals surface area (Å²) in [7, 11) is 0. The van der Waals surface area contributed by atoms with Gasteiger partial charge in [-0.2, -0.15) is 5.21 Å². The molecule has 1 saturated carbocycles. The van der Waals surface area contributed by atoms with Crippen LogP contribution in [0, 0.1) is 11.3 Å². The van der Waals surface area contributed by atoms with Crippen LogP contribution in [0.25, 0.3) is 0 Å². The summed E-state index contributed by atoms with van der Waals surface area (Å²) in [4.78, 5) is 28.3. The number of hydrogen-bond donors (Lipinski definition) is 2. The molecule has 0 bridgehead atoms. The molecule has 1 aromatic carbocycles. The van der Waals surface area contributed by atoms with Gasteiger partial charge in [0.1, 0.15) is 11.6 Å². The highest BCUT2D eigenvalue weighted by molar-refractivity contribution is 6.30. The Labute approximate surface area is 224 Å². The Morgan fingerprint density at radius 1 is 1.16 bits per heavy atom. The zero-order valence-electron chi connectivity index (χ0n) is 22.1. The number of nitrogens with zero attached hydrogens (tertiary/aromatic N) is 4. The fraction of sp³-hybridized carbons (Fsp3) is 0.667. The zero-order valence-corrected chi connectivity index (χ0v) is 22.9. The Balaban J connectivity index is 1.48. The van der Waals surface area contributed by atoms with Crippen LogP contribution in [-0.2, 0) is 22.4 Å². The van der Waals surface area contributed by atoms with E-state index in [2.05, 4.69) is 25.9 Å². The number of amides is 2. The van der Waals surface area contributed by atoms with Crippen LogP contribution in [0.15, 0.2) is 24.3 Å². The second-order valence-electron chi connectivity index (χ2n) is 11.6. The minimum Gasteiger partial charge on any atom is -0.444 e. The van der Waals surface area contributed by atoms with Gasteiger partial charge in [0.05, 0.1) is 0 Å². The van der Waals surface area contributed by atoms with Crippen LogP contribution < -0.4 is 5.32 Å². The van der Waals surface area contributed by atoms with Gasteiger partial charge in [-0.05, 0) is 75.5 Å². The largest absolute Gasteiger partial charge is 0.444 e. The lowest BCUT2D eigenvalue weighted by molar-refractivity contribution is -0.136. The van der Waals surface area contributed by atoms with E-state index in [9.17, 15) is 9.59 Å². The second-order valence-corrected chi connectivity index (χ2v) is 12.0. The standard InChI is InChI=1S/C27H39ClN6O3/c1-26(2,3)37-25(36)29-22(17-19-9-11-21(28)12-10-19)24(35)34-15-13-27(14-16-34,18-23-30-32-33-31-23)20-7-5-4-6-8-20/h9-12,20,22H,4-8,13-18H2,1-3H3,(H,29,36)(H,30,31,32,33)/t22-/m1/s1. The molecule has 4 rings (SSSR count). The number of H-pyrrole nitrogens is 1. The Kier molecular flexibility index (Phi) is 8.72. The van der Waals surface area contributed by atoms with E-state index < -0.39 is 17.7 Å². The van der Waals surface area contributed by atoms with Gasteiger partial charge in [-0.15, -0.1) is 10.2 Å². The summed E-state index contributed by atoms with van der Waals surface area (Å²) in [5, 5.41) is 18.3. The minimum atomic E-state index is -0.726. The summed E-state index contributed by atoms with van der Waals surface area (Å²) in [5.41, 5.74) is 0.327. The van der Waals surface area contributed by atoms with Crippen molar-refractivity contribution in [3.63, 3.8) is 0 Å². The monoisotopic (exact) mass is 530 g/mol. The highest BCUT2D eigenvalue weighted by Gasteiger charge is 2.44. The van der Waals surface area contributed by atoms with Gasteiger partial charge in [0.25, 0.3) is 0 Å². The van der Waals surface area contributed by atoms with Crippen molar-refractivity contribution in [3.05, 3.63) is 40.7 Å². The molecule has 0 spiro atoms. The van der Waals surface area contributed by atoms with E-state index in [4.69, 9.17) is 16.3 Å². The van der Waals surface area contributed by atoms with E-state index in [1.807, 2.05) is 37.8 Å². The molecule has 1 atom stereocenters. The molecule has 1 aliphatic carbocycles. The van der Waals surface area contributed by atoms with E-state index in [1.165, 1.54) is 32.1 Å². The Hall–Kier alpha value is -2.68. The van der Waals surface area contributed by atoms with Crippen molar-refractivity contribution in [2.24, 2.45) is 11.3 Å². The lowest BCUT2D eigenvalue weighted by Crippen LogP contribution is -2.54. The van der Waals surface area contributed by atoms with Crippen LogP contribution in [0.3, 0.4) is 0 Å². The smallest absolute Gasteiger partial charge is 0.408 e. The van der Waals surface area contributed by atoms with Gasteiger partial charge in [-0.25, -0.2) is 4.79 Å². The summed E-state index contributed by atoms with van der Waals surface area (Å²) in [6.45, 7) is 6.70. The SMILES string of the molecule is CC(C)(C)OC(=O)N[C@H](Cc1ccc(Cl)cc1)C(=O)N1CCC(Cc2nn[nH]n2)(C2CCCCC2)CC1. The van der Waals surface area contributed by atoms with Crippen molar-refractivity contribution in [2.75, 3.05) is 13.1 Å². The Morgan fingerprint density at radius 3 is 2.43 bits per heavy atom. The number of hydrogen-bond acceptors (Lipinski definition) is 6. The first kappa shape index (κ1) is 27.4. The first-order valence-corrected chi connectivity index (χ1v) is 13.8. The van der Waals surface area contributed by atoms with Crippen LogP contribution in [0.4, 0.5) is 4.79 Å². The van der Waals surface area contributed by atoms with Crippen LogP contribution >= 0.6 is 11.6 Å². The predicted octanol–water partition coefficient (Wildman–Crippen LogP) is 4.72. The number of likely N-dealkylation sites (tertiary alicyclic amines) is 1. The summed E-state index contributed by atoms with van der Waals surface area (Å²) in [6, 6.07) is 6.63. The third kappa shape index (κ3) is 7.43. The highest BCUT2D eigenvalue weighted by Crippen LogP contribution is 2.47. The number of alkyl carbamates (subject to hydrolysis) is 1. The van der Waals surface area contributed by atoms with E-state index in [0.29, 0.717) is 30.5 Å². The molecule has 37 heavy (non-hydrogen) atoms. The molecule has 2 N–H and O–H groups in total. The van der Waals surface area contributed by atoms with Crippen LogP contribution in [0.5, 0.6) is 0 Å². The summed E-state index contributed by atoms with van der Waals surface area (Å²) < 4.78 is 5.47. The van der Waals surface area contributed by atoms with Gasteiger partial charge in [0.15, 0.2) is 5.82 Å². The molecule has 0 radical (unpaired) electrons. The zero-order chi connectivity index (χ0) is 26.5. The van der Waals surface area contributed by atoms with Crippen molar-refractivity contribution in [1.82, 2.24) is 30.8 Å². The number of rotatable bonds is 7. The maximum atomic E-state index is 13.8. The van der Waals surface area contributed by atoms with Gasteiger partial charge in [-0.1, -0.05) is 48.2 Å². The number of piperidine rings is 1. The molecule has 202 valence electrons. The number of nitrogens with one attached hydrogen (secondary N) is 2. The molecule has 1 aromatic heterocycles. The van der Waals surface area contributed by atoms with Crippen LogP contribution in [-0.4, -0.2) is 62.3 Å². The molecule has 9 nitrogen and oxygen atoms in total. The number of halogens is 1. The van der Waals surface area contributed by atoms with Crippen molar-refractivity contribution < 1.29 is 14.3 Å². The quantitative estimate of drug-likeness (QED) is 0.535. The summed E-state index contributed by atoms with van der Waals surface area (Å²) in [6.07, 6.45) is 8.55. The number of ether oxygens (including phenoxy) is 1. The van der Waals surface area contributed by atoms with Crippen molar-refractivity contribution in [3.8, 4) is 0 Å². The Bertz CT molecular complexity index is 1020. The maximum Gasteiger partial charge on any atom is 0.408 e. The Morgan fingerprint density at radius 2 is 1.84 bits per heavy atom. The summed E-state index contributed by atoms with van der Waals surface area (Å²) >= 11 is 6.05. The van der Waals surface area contributed by atoms with Gasteiger partial charge in [-0.3, -0.25) is 4.79 Å². The van der Waals surface area contributed by atoms with E-state index in [-0.39, 0.29) is 11.3 Å². The van der Waals surface area contributed by atoms with Gasteiger partial charge in [0, 0.05) is 31.0 Å². The number of aromatic nitrogens is 4. The normalized spacial score (nSPS) is 19.3. The molecular weight excluding hydrogens is 492 g/mol. The van der Waals surface area contributed by atoms with Gasteiger partial charge in [0.2, 0.25) is 5.91 Å². The predicted molar refractivity (Wildman–Crippen MR) is 141 cm³/mol. The number of benzene rings is 1. The molecule has 1 aliphatic heterocycles. The first-order chi connectivity index (χ1) is 17.6. The molecular formula is C27H39ClN6O3. The fourth-order valence-electron chi connectivity index (χ4n) is 5.92. The molecule has 2 amide bonds. The van der Waals surface area contributed by atoms with Crippen LogP contribution in [0.1, 0.15) is 77.1 Å².